The maximum absolute atomic E-state index is 5.90. The number of hydrogen-bond acceptors (Lipinski definition) is 5. The summed E-state index contributed by atoms with van der Waals surface area (Å²) in [6.45, 7) is 10.9. The molecular weight excluding hydrogens is 360 g/mol. The quantitative estimate of drug-likeness (QED) is 0.562. The van der Waals surface area contributed by atoms with Crippen molar-refractivity contribution in [1.29, 1.82) is 0 Å². The number of guanidine groups is 1. The van der Waals surface area contributed by atoms with E-state index in [9.17, 15) is 0 Å². The van der Waals surface area contributed by atoms with Crippen LogP contribution in [-0.4, -0.2) is 30.2 Å². The van der Waals surface area contributed by atoms with Gasteiger partial charge in [-0.15, -0.1) is 11.3 Å². The summed E-state index contributed by atoms with van der Waals surface area (Å²) in [6, 6.07) is 4.18. The van der Waals surface area contributed by atoms with Crippen LogP contribution in [0.4, 0.5) is 0 Å². The molecule has 3 rings (SSSR count). The van der Waals surface area contributed by atoms with E-state index in [2.05, 4.69) is 41.6 Å². The fourth-order valence-corrected chi connectivity index (χ4v) is 3.78. The highest BCUT2D eigenvalue weighted by Gasteiger charge is 2.21. The van der Waals surface area contributed by atoms with Gasteiger partial charge in [0.15, 0.2) is 5.96 Å². The maximum atomic E-state index is 5.90. The van der Waals surface area contributed by atoms with E-state index in [0.717, 1.165) is 41.7 Å². The summed E-state index contributed by atoms with van der Waals surface area (Å²) in [6.07, 6.45) is 1.15. The number of aromatic nitrogens is 1. The molecule has 0 bridgehead atoms. The zero-order chi connectivity index (χ0) is 19.2. The number of nitrogens with one attached hydrogen (secondary N) is 2. The molecule has 27 heavy (non-hydrogen) atoms. The van der Waals surface area contributed by atoms with Crippen molar-refractivity contribution in [3.63, 3.8) is 0 Å². The second-order valence-corrected chi connectivity index (χ2v) is 7.48. The molecular formula is C20H28N4O2S. The van der Waals surface area contributed by atoms with Crippen LogP contribution in [0.2, 0.25) is 0 Å². The standard InChI is InChI=1S/C20H28N4O2S/c1-5-21-20(23-11-19-14(4)24-12-27-19)22-10-16-9-18-15(7-13(3)26-18)8-17(16)25-6-2/h8-9,12-13H,5-7,10-11H2,1-4H3,(H2,21,22,23). The molecule has 2 N–H and O–H groups in total. The van der Waals surface area contributed by atoms with Crippen LogP contribution in [0.15, 0.2) is 22.6 Å². The van der Waals surface area contributed by atoms with Crippen LogP contribution in [0, 0.1) is 6.92 Å². The molecule has 0 saturated carbocycles. The van der Waals surface area contributed by atoms with Crippen LogP contribution < -0.4 is 20.1 Å². The molecule has 0 amide bonds. The molecule has 1 aromatic carbocycles. The fourth-order valence-electron chi connectivity index (χ4n) is 3.06. The average Bonchev–Trinajstić information content (AvgIpc) is 3.21. The number of fused-ring (bicyclic) bond motifs is 1. The zero-order valence-corrected chi connectivity index (χ0v) is 17.3. The smallest absolute Gasteiger partial charge is 0.191 e. The van der Waals surface area contributed by atoms with Crippen molar-refractivity contribution in [1.82, 2.24) is 15.6 Å². The number of thiazole rings is 1. The van der Waals surface area contributed by atoms with Crippen molar-refractivity contribution in [3.8, 4) is 11.5 Å². The monoisotopic (exact) mass is 388 g/mol. The summed E-state index contributed by atoms with van der Waals surface area (Å²) in [5.74, 6) is 2.63. The number of rotatable bonds is 7. The average molecular weight is 389 g/mol. The van der Waals surface area contributed by atoms with E-state index in [0.29, 0.717) is 19.7 Å². The summed E-state index contributed by atoms with van der Waals surface area (Å²) < 4.78 is 11.8. The van der Waals surface area contributed by atoms with E-state index < -0.39 is 0 Å². The minimum Gasteiger partial charge on any atom is -0.494 e. The summed E-state index contributed by atoms with van der Waals surface area (Å²) >= 11 is 1.65. The normalized spacial score (nSPS) is 16.0. The van der Waals surface area contributed by atoms with Crippen LogP contribution in [0.3, 0.4) is 0 Å². The maximum Gasteiger partial charge on any atom is 0.191 e. The van der Waals surface area contributed by atoms with E-state index in [1.54, 1.807) is 11.3 Å². The van der Waals surface area contributed by atoms with Gasteiger partial charge < -0.3 is 20.1 Å². The van der Waals surface area contributed by atoms with Gasteiger partial charge in [-0.05, 0) is 39.8 Å². The lowest BCUT2D eigenvalue weighted by Crippen LogP contribution is -2.36. The summed E-state index contributed by atoms with van der Waals surface area (Å²) in [5.41, 5.74) is 5.18. The molecule has 2 heterocycles. The molecule has 0 radical (unpaired) electrons. The van der Waals surface area contributed by atoms with Crippen LogP contribution in [0.5, 0.6) is 11.5 Å². The predicted octanol–water partition coefficient (Wildman–Crippen LogP) is 3.43. The Morgan fingerprint density at radius 1 is 1.37 bits per heavy atom. The molecule has 0 saturated heterocycles. The minimum atomic E-state index is 0.217. The van der Waals surface area contributed by atoms with Gasteiger partial charge in [-0.2, -0.15) is 0 Å². The van der Waals surface area contributed by atoms with Crippen molar-refractivity contribution in [2.45, 2.75) is 53.3 Å². The Morgan fingerprint density at radius 2 is 2.22 bits per heavy atom. The van der Waals surface area contributed by atoms with Crippen molar-refractivity contribution in [2.24, 2.45) is 4.99 Å². The van der Waals surface area contributed by atoms with E-state index in [4.69, 9.17) is 14.5 Å². The first-order valence-electron chi connectivity index (χ1n) is 9.47. The van der Waals surface area contributed by atoms with Gasteiger partial charge in [-0.25, -0.2) is 9.98 Å². The number of hydrogen-bond donors (Lipinski definition) is 2. The van der Waals surface area contributed by atoms with Crippen LogP contribution in [0.1, 0.15) is 42.5 Å². The van der Waals surface area contributed by atoms with Gasteiger partial charge in [0, 0.05) is 29.0 Å². The molecule has 1 aromatic heterocycles. The molecule has 1 aliphatic heterocycles. The molecule has 0 aliphatic carbocycles. The first-order valence-corrected chi connectivity index (χ1v) is 10.3. The molecule has 1 aliphatic rings. The Balaban J connectivity index is 1.74. The fraction of sp³-hybridized carbons (Fsp3) is 0.500. The van der Waals surface area contributed by atoms with Gasteiger partial charge in [-0.1, -0.05) is 0 Å². The molecule has 146 valence electrons. The van der Waals surface area contributed by atoms with E-state index in [1.165, 1.54) is 10.4 Å². The van der Waals surface area contributed by atoms with Crippen molar-refractivity contribution in [2.75, 3.05) is 13.2 Å². The molecule has 7 heteroatoms. The van der Waals surface area contributed by atoms with E-state index in [-0.39, 0.29) is 6.10 Å². The van der Waals surface area contributed by atoms with Gasteiger partial charge in [0.05, 0.1) is 30.9 Å². The first-order chi connectivity index (χ1) is 13.1. The molecule has 6 nitrogen and oxygen atoms in total. The SMILES string of the molecule is CCNC(=NCc1cc2c(cc1OCC)CC(C)O2)NCc1scnc1C. The van der Waals surface area contributed by atoms with Crippen LogP contribution in [0.25, 0.3) is 0 Å². The van der Waals surface area contributed by atoms with Gasteiger partial charge in [0.1, 0.15) is 17.6 Å². The van der Waals surface area contributed by atoms with Crippen molar-refractivity contribution in [3.05, 3.63) is 39.3 Å². The Labute approximate surface area is 165 Å². The number of benzene rings is 1. The Bertz CT molecular complexity index is 803. The summed E-state index contributed by atoms with van der Waals surface area (Å²) in [7, 11) is 0. The number of ether oxygens (including phenoxy) is 2. The lowest BCUT2D eigenvalue weighted by Gasteiger charge is -2.13. The molecule has 0 spiro atoms. The van der Waals surface area contributed by atoms with Gasteiger partial charge in [0.25, 0.3) is 0 Å². The number of nitrogens with zero attached hydrogens (tertiary/aromatic N) is 2. The Kier molecular flexibility index (Phi) is 6.55. The van der Waals surface area contributed by atoms with E-state index >= 15 is 0 Å². The van der Waals surface area contributed by atoms with E-state index in [1.807, 2.05) is 19.4 Å². The lowest BCUT2D eigenvalue weighted by molar-refractivity contribution is 0.254. The third kappa shape index (κ3) is 4.91. The molecule has 1 unspecified atom stereocenters. The molecule has 1 atom stereocenters. The minimum absolute atomic E-state index is 0.217. The predicted molar refractivity (Wildman–Crippen MR) is 110 cm³/mol. The van der Waals surface area contributed by atoms with Crippen molar-refractivity contribution >= 4 is 17.3 Å². The largest absolute Gasteiger partial charge is 0.494 e. The van der Waals surface area contributed by atoms with Crippen molar-refractivity contribution < 1.29 is 9.47 Å². The summed E-state index contributed by atoms with van der Waals surface area (Å²) in [5, 5.41) is 6.68. The molecule has 2 aromatic rings. The lowest BCUT2D eigenvalue weighted by atomic mass is 10.1. The number of aliphatic imine (C=N–C) groups is 1. The van der Waals surface area contributed by atoms with Gasteiger partial charge in [0.2, 0.25) is 0 Å². The first kappa shape index (κ1) is 19.5. The zero-order valence-electron chi connectivity index (χ0n) is 16.5. The van der Waals surface area contributed by atoms with Gasteiger partial charge >= 0.3 is 0 Å². The third-order valence-corrected chi connectivity index (χ3v) is 5.33. The van der Waals surface area contributed by atoms with Gasteiger partial charge in [-0.3, -0.25) is 0 Å². The van der Waals surface area contributed by atoms with Crippen LogP contribution >= 0.6 is 11.3 Å². The highest BCUT2D eigenvalue weighted by Crippen LogP contribution is 2.35. The second kappa shape index (κ2) is 9.08. The highest BCUT2D eigenvalue weighted by atomic mass is 32.1. The topological polar surface area (TPSA) is 67.8 Å². The number of aryl methyl sites for hydroxylation is 1. The summed E-state index contributed by atoms with van der Waals surface area (Å²) in [4.78, 5) is 10.3. The Hall–Kier alpha value is -2.28. The third-order valence-electron chi connectivity index (χ3n) is 4.39. The van der Waals surface area contributed by atoms with Crippen LogP contribution in [-0.2, 0) is 19.5 Å². The highest BCUT2D eigenvalue weighted by molar-refractivity contribution is 7.09. The Morgan fingerprint density at radius 3 is 2.93 bits per heavy atom. The second-order valence-electron chi connectivity index (χ2n) is 6.54. The molecule has 0 fully saturated rings.